The average Bonchev–Trinajstić information content (AvgIpc) is 2.42. The van der Waals surface area contributed by atoms with Crippen molar-refractivity contribution in [3.05, 3.63) is 29.3 Å². The van der Waals surface area contributed by atoms with Gasteiger partial charge in [0.2, 0.25) is 0 Å². The van der Waals surface area contributed by atoms with E-state index in [2.05, 4.69) is 10.7 Å². The molecule has 0 saturated carbocycles. The van der Waals surface area contributed by atoms with Crippen LogP contribution in [0.3, 0.4) is 0 Å². The summed E-state index contributed by atoms with van der Waals surface area (Å²) < 4.78 is 4.97. The summed E-state index contributed by atoms with van der Waals surface area (Å²) in [6.07, 6.45) is 3.06. The first-order valence-corrected chi connectivity index (χ1v) is 6.53. The molecule has 0 heterocycles. The number of anilines is 1. The topological polar surface area (TPSA) is 76.4 Å². The van der Waals surface area contributed by atoms with Gasteiger partial charge in [0.1, 0.15) is 0 Å². The van der Waals surface area contributed by atoms with Crippen LogP contribution in [0, 0.1) is 6.92 Å². The largest absolute Gasteiger partial charge is 0.385 e. The van der Waals surface area contributed by atoms with Crippen LogP contribution in [0.2, 0.25) is 0 Å². The van der Waals surface area contributed by atoms with Crippen LogP contribution in [0.1, 0.15) is 35.2 Å². The number of hydrogen-bond donors (Lipinski definition) is 3. The van der Waals surface area contributed by atoms with Gasteiger partial charge in [-0.1, -0.05) is 0 Å². The van der Waals surface area contributed by atoms with E-state index in [0.717, 1.165) is 37.1 Å². The molecule has 1 amide bonds. The Balaban J connectivity index is 2.37. The fourth-order valence-electron chi connectivity index (χ4n) is 1.85. The quantitative estimate of drug-likeness (QED) is 0.381. The number of ether oxygens (including phenoxy) is 1. The monoisotopic (exact) mass is 265 g/mol. The summed E-state index contributed by atoms with van der Waals surface area (Å²) in [6, 6.07) is 5.43. The molecule has 0 aliphatic heterocycles. The van der Waals surface area contributed by atoms with Crippen molar-refractivity contribution < 1.29 is 9.53 Å². The number of unbranched alkanes of at least 4 members (excludes halogenated alkanes) is 2. The molecule has 0 unspecified atom stereocenters. The standard InChI is InChI=1S/C14H23N3O2/c1-11-10-12(17-15)6-7-13(11)14(18)16-8-4-3-5-9-19-2/h6-7,10,17H,3-5,8-9,15H2,1-2H3,(H,16,18). The van der Waals surface area contributed by atoms with Crippen molar-refractivity contribution >= 4 is 11.6 Å². The molecule has 0 spiro atoms. The molecule has 19 heavy (non-hydrogen) atoms. The van der Waals surface area contributed by atoms with Crippen LogP contribution in [0.25, 0.3) is 0 Å². The van der Waals surface area contributed by atoms with Gasteiger partial charge in [0.05, 0.1) is 0 Å². The minimum Gasteiger partial charge on any atom is -0.385 e. The van der Waals surface area contributed by atoms with Crippen LogP contribution in [0.5, 0.6) is 0 Å². The van der Waals surface area contributed by atoms with E-state index in [1.165, 1.54) is 0 Å². The van der Waals surface area contributed by atoms with Gasteiger partial charge < -0.3 is 15.5 Å². The Morgan fingerprint density at radius 2 is 2.11 bits per heavy atom. The maximum absolute atomic E-state index is 12.0. The van der Waals surface area contributed by atoms with Gasteiger partial charge in [-0.2, -0.15) is 0 Å². The number of nitrogens with one attached hydrogen (secondary N) is 2. The van der Waals surface area contributed by atoms with Crippen molar-refractivity contribution in [3.63, 3.8) is 0 Å². The van der Waals surface area contributed by atoms with Crippen molar-refractivity contribution in [3.8, 4) is 0 Å². The Morgan fingerprint density at radius 1 is 1.32 bits per heavy atom. The number of hydrazine groups is 1. The number of rotatable bonds is 8. The van der Waals surface area contributed by atoms with E-state index >= 15 is 0 Å². The average molecular weight is 265 g/mol. The van der Waals surface area contributed by atoms with Gasteiger partial charge in [0.25, 0.3) is 5.91 Å². The van der Waals surface area contributed by atoms with Crippen LogP contribution in [-0.2, 0) is 4.74 Å². The molecule has 0 aliphatic carbocycles. The van der Waals surface area contributed by atoms with Crippen molar-refractivity contribution in [2.75, 3.05) is 25.7 Å². The van der Waals surface area contributed by atoms with Gasteiger partial charge in [-0.15, -0.1) is 0 Å². The molecule has 0 saturated heterocycles. The molecule has 1 aromatic rings. The van der Waals surface area contributed by atoms with Crippen LogP contribution in [-0.4, -0.2) is 26.2 Å². The zero-order chi connectivity index (χ0) is 14.1. The summed E-state index contributed by atoms with van der Waals surface area (Å²) in [4.78, 5) is 12.0. The highest BCUT2D eigenvalue weighted by Crippen LogP contribution is 2.14. The van der Waals surface area contributed by atoms with Gasteiger partial charge in [-0.05, 0) is 49.9 Å². The number of amides is 1. The van der Waals surface area contributed by atoms with E-state index in [9.17, 15) is 4.79 Å². The summed E-state index contributed by atoms with van der Waals surface area (Å²) in [5.41, 5.74) is 4.96. The highest BCUT2D eigenvalue weighted by atomic mass is 16.5. The predicted molar refractivity (Wildman–Crippen MR) is 77.0 cm³/mol. The van der Waals surface area contributed by atoms with Gasteiger partial charge in [-0.25, -0.2) is 0 Å². The molecule has 0 radical (unpaired) electrons. The summed E-state index contributed by atoms with van der Waals surface area (Å²) >= 11 is 0. The Kier molecular flexibility index (Phi) is 6.92. The predicted octanol–water partition coefficient (Wildman–Crippen LogP) is 1.83. The van der Waals surface area contributed by atoms with E-state index in [1.54, 1.807) is 19.2 Å². The van der Waals surface area contributed by atoms with Crippen molar-refractivity contribution in [2.24, 2.45) is 5.84 Å². The molecule has 0 aromatic heterocycles. The molecule has 106 valence electrons. The molecule has 0 atom stereocenters. The second-order valence-electron chi connectivity index (χ2n) is 4.48. The molecule has 4 N–H and O–H groups in total. The lowest BCUT2D eigenvalue weighted by molar-refractivity contribution is 0.0952. The van der Waals surface area contributed by atoms with Gasteiger partial charge in [0.15, 0.2) is 0 Å². The summed E-state index contributed by atoms with van der Waals surface area (Å²) in [5, 5.41) is 2.92. The number of nitrogen functional groups attached to an aromatic ring is 1. The summed E-state index contributed by atoms with van der Waals surface area (Å²) in [7, 11) is 1.70. The number of aryl methyl sites for hydroxylation is 1. The molecule has 0 bridgehead atoms. The molecule has 5 heteroatoms. The van der Waals surface area contributed by atoms with Crippen LogP contribution in [0.4, 0.5) is 5.69 Å². The fourth-order valence-corrected chi connectivity index (χ4v) is 1.85. The maximum Gasteiger partial charge on any atom is 0.251 e. The highest BCUT2D eigenvalue weighted by Gasteiger charge is 2.08. The SMILES string of the molecule is COCCCCCNC(=O)c1ccc(NN)cc1C. The second kappa shape index (κ2) is 8.50. The number of carbonyl (C=O) groups is 1. The molecule has 5 nitrogen and oxygen atoms in total. The van der Waals surface area contributed by atoms with E-state index in [1.807, 2.05) is 13.0 Å². The van der Waals surface area contributed by atoms with Gasteiger partial charge in [-0.3, -0.25) is 10.6 Å². The lowest BCUT2D eigenvalue weighted by Gasteiger charge is -2.09. The Labute approximate surface area is 114 Å². The number of benzene rings is 1. The molecule has 1 rings (SSSR count). The zero-order valence-electron chi connectivity index (χ0n) is 11.7. The second-order valence-corrected chi connectivity index (χ2v) is 4.48. The van der Waals surface area contributed by atoms with E-state index < -0.39 is 0 Å². The molecule has 0 aliphatic rings. The molecular weight excluding hydrogens is 242 g/mol. The Bertz CT molecular complexity index is 408. The normalized spacial score (nSPS) is 10.3. The highest BCUT2D eigenvalue weighted by molar-refractivity contribution is 5.96. The lowest BCUT2D eigenvalue weighted by atomic mass is 10.1. The first-order chi connectivity index (χ1) is 9.19. The fraction of sp³-hybridized carbons (Fsp3) is 0.500. The summed E-state index contributed by atoms with van der Waals surface area (Å²) in [5.74, 6) is 5.29. The van der Waals surface area contributed by atoms with Crippen LogP contribution in [0.15, 0.2) is 18.2 Å². The van der Waals surface area contributed by atoms with Gasteiger partial charge in [0, 0.05) is 31.5 Å². The first-order valence-electron chi connectivity index (χ1n) is 6.53. The van der Waals surface area contributed by atoms with Gasteiger partial charge >= 0.3 is 0 Å². The maximum atomic E-state index is 12.0. The lowest BCUT2D eigenvalue weighted by Crippen LogP contribution is -2.25. The third kappa shape index (κ3) is 5.28. The Hall–Kier alpha value is -1.59. The van der Waals surface area contributed by atoms with E-state index in [0.29, 0.717) is 12.1 Å². The van der Waals surface area contributed by atoms with Crippen LogP contribution >= 0.6 is 0 Å². The van der Waals surface area contributed by atoms with Crippen molar-refractivity contribution in [2.45, 2.75) is 26.2 Å². The third-order valence-electron chi connectivity index (χ3n) is 2.95. The molecule has 1 aromatic carbocycles. The molecule has 0 fully saturated rings. The van der Waals surface area contributed by atoms with Crippen molar-refractivity contribution in [1.29, 1.82) is 0 Å². The van der Waals surface area contributed by atoms with Crippen molar-refractivity contribution in [1.82, 2.24) is 5.32 Å². The smallest absolute Gasteiger partial charge is 0.251 e. The van der Waals surface area contributed by atoms with E-state index in [4.69, 9.17) is 10.6 Å². The van der Waals surface area contributed by atoms with E-state index in [-0.39, 0.29) is 5.91 Å². The van der Waals surface area contributed by atoms with Crippen LogP contribution < -0.4 is 16.6 Å². The number of carbonyl (C=O) groups excluding carboxylic acids is 1. The zero-order valence-corrected chi connectivity index (χ0v) is 11.7. The third-order valence-corrected chi connectivity index (χ3v) is 2.95. The minimum absolute atomic E-state index is 0.0344. The molecular formula is C14H23N3O2. The Morgan fingerprint density at radius 3 is 2.74 bits per heavy atom. The number of hydrogen-bond acceptors (Lipinski definition) is 4. The summed E-state index contributed by atoms with van der Waals surface area (Å²) in [6.45, 7) is 3.37. The number of nitrogens with two attached hydrogens (primary N) is 1. The first kappa shape index (κ1) is 15.5. The number of methoxy groups -OCH3 is 1. The minimum atomic E-state index is -0.0344.